The molecule has 0 aliphatic heterocycles. The molecule has 0 aromatic carbocycles. The van der Waals surface area contributed by atoms with E-state index in [1.165, 1.54) is 6.33 Å². The van der Waals surface area contributed by atoms with Crippen molar-refractivity contribution in [2.24, 2.45) is 5.73 Å². The predicted molar refractivity (Wildman–Crippen MR) is 56.3 cm³/mol. The van der Waals surface area contributed by atoms with Crippen LogP contribution in [0.2, 0.25) is 0 Å². The molecule has 0 saturated carbocycles. The van der Waals surface area contributed by atoms with Crippen LogP contribution in [0.1, 0.15) is 11.6 Å². The summed E-state index contributed by atoms with van der Waals surface area (Å²) in [6, 6.07) is 1.94. The Morgan fingerprint density at radius 2 is 2.36 bits per heavy atom. The Hall–Kier alpha value is -1.04. The van der Waals surface area contributed by atoms with Gasteiger partial charge >= 0.3 is 0 Å². The Bertz CT molecular complexity index is 425. The molecule has 2 rings (SSSR count). The summed E-state index contributed by atoms with van der Waals surface area (Å²) in [7, 11) is 0. The van der Waals surface area contributed by atoms with Crippen LogP contribution >= 0.6 is 11.3 Å². The number of rotatable bonds is 3. The van der Waals surface area contributed by atoms with Gasteiger partial charge in [0, 0.05) is 12.5 Å². The van der Waals surface area contributed by atoms with Gasteiger partial charge in [-0.05, 0) is 11.4 Å². The molecule has 2 heterocycles. The van der Waals surface area contributed by atoms with Gasteiger partial charge in [-0.15, -0.1) is 11.3 Å². The van der Waals surface area contributed by atoms with E-state index in [4.69, 9.17) is 10.8 Å². The smallest absolute Gasteiger partial charge is 0.116 e. The molecule has 5 heteroatoms. The Balaban J connectivity index is 2.54. The molecule has 2 aromatic heterocycles. The molecule has 0 saturated heterocycles. The van der Waals surface area contributed by atoms with Gasteiger partial charge in [0.25, 0.3) is 0 Å². The highest BCUT2D eigenvalue weighted by atomic mass is 32.1. The average molecular weight is 209 g/mol. The molecule has 0 aliphatic carbocycles. The highest BCUT2D eigenvalue weighted by Crippen LogP contribution is 2.25. The molecule has 4 nitrogen and oxygen atoms in total. The first-order valence-corrected chi connectivity index (χ1v) is 5.23. The Kier molecular flexibility index (Phi) is 2.72. The van der Waals surface area contributed by atoms with Gasteiger partial charge in [0.1, 0.15) is 6.33 Å². The standard InChI is InChI=1S/C9H11N3OS/c10-3-6(4-13)8-9-7(1-2-14-9)11-5-12-8/h1-2,5-6,13H,3-4,10H2. The van der Waals surface area contributed by atoms with Crippen molar-refractivity contribution in [1.29, 1.82) is 0 Å². The van der Waals surface area contributed by atoms with Gasteiger partial charge < -0.3 is 10.8 Å². The zero-order valence-corrected chi connectivity index (χ0v) is 8.37. The number of aliphatic hydroxyl groups excluding tert-OH is 1. The molecule has 1 atom stereocenters. The van der Waals surface area contributed by atoms with E-state index in [2.05, 4.69) is 9.97 Å². The van der Waals surface area contributed by atoms with Crippen LogP contribution in [0.25, 0.3) is 10.2 Å². The van der Waals surface area contributed by atoms with Gasteiger partial charge in [0.2, 0.25) is 0 Å². The van der Waals surface area contributed by atoms with Gasteiger partial charge in [-0.1, -0.05) is 0 Å². The Morgan fingerprint density at radius 1 is 1.50 bits per heavy atom. The molecule has 0 bridgehead atoms. The minimum atomic E-state index is -0.0841. The fraction of sp³-hybridized carbons (Fsp3) is 0.333. The van der Waals surface area contributed by atoms with Crippen molar-refractivity contribution < 1.29 is 5.11 Å². The van der Waals surface area contributed by atoms with E-state index in [1.54, 1.807) is 11.3 Å². The second-order valence-electron chi connectivity index (χ2n) is 3.01. The molecule has 0 amide bonds. The summed E-state index contributed by atoms with van der Waals surface area (Å²) in [6.45, 7) is 0.432. The van der Waals surface area contributed by atoms with Gasteiger partial charge in [0.05, 0.1) is 22.5 Å². The van der Waals surface area contributed by atoms with Crippen LogP contribution in [0.4, 0.5) is 0 Å². The lowest BCUT2D eigenvalue weighted by Crippen LogP contribution is -2.17. The molecular weight excluding hydrogens is 198 g/mol. The van der Waals surface area contributed by atoms with E-state index in [9.17, 15) is 0 Å². The van der Waals surface area contributed by atoms with E-state index in [1.807, 2.05) is 11.4 Å². The molecule has 0 spiro atoms. The first-order chi connectivity index (χ1) is 6.86. The second kappa shape index (κ2) is 4.00. The van der Waals surface area contributed by atoms with Crippen molar-refractivity contribution in [1.82, 2.24) is 9.97 Å². The summed E-state index contributed by atoms with van der Waals surface area (Å²) in [4.78, 5) is 8.31. The van der Waals surface area contributed by atoms with E-state index in [0.29, 0.717) is 6.54 Å². The van der Waals surface area contributed by atoms with Crippen LogP contribution in [-0.4, -0.2) is 28.2 Å². The normalized spacial score (nSPS) is 13.3. The van der Waals surface area contributed by atoms with Gasteiger partial charge in [-0.25, -0.2) is 9.97 Å². The fourth-order valence-electron chi connectivity index (χ4n) is 1.37. The lowest BCUT2D eigenvalue weighted by molar-refractivity contribution is 0.266. The molecule has 3 N–H and O–H groups in total. The highest BCUT2D eigenvalue weighted by molar-refractivity contribution is 7.17. The third-order valence-electron chi connectivity index (χ3n) is 2.16. The summed E-state index contributed by atoms with van der Waals surface area (Å²) in [5, 5.41) is 11.1. The van der Waals surface area contributed by atoms with Gasteiger partial charge in [-0.2, -0.15) is 0 Å². The number of nitrogens with two attached hydrogens (primary N) is 1. The maximum atomic E-state index is 9.14. The van der Waals surface area contributed by atoms with Crippen molar-refractivity contribution in [3.05, 3.63) is 23.5 Å². The molecular formula is C9H11N3OS. The van der Waals surface area contributed by atoms with Crippen molar-refractivity contribution >= 4 is 21.6 Å². The summed E-state index contributed by atoms with van der Waals surface area (Å²) < 4.78 is 1.03. The maximum absolute atomic E-state index is 9.14. The zero-order valence-electron chi connectivity index (χ0n) is 7.55. The van der Waals surface area contributed by atoms with Gasteiger partial charge in [-0.3, -0.25) is 0 Å². The SMILES string of the molecule is NCC(CO)c1ncnc2ccsc12. The highest BCUT2D eigenvalue weighted by Gasteiger charge is 2.14. The summed E-state index contributed by atoms with van der Waals surface area (Å²) in [5.74, 6) is -0.0841. The second-order valence-corrected chi connectivity index (χ2v) is 3.93. The fourth-order valence-corrected chi connectivity index (χ4v) is 2.29. The summed E-state index contributed by atoms with van der Waals surface area (Å²) >= 11 is 1.58. The van der Waals surface area contributed by atoms with E-state index >= 15 is 0 Å². The topological polar surface area (TPSA) is 72.0 Å². The molecule has 74 valence electrons. The lowest BCUT2D eigenvalue weighted by Gasteiger charge is -2.10. The minimum absolute atomic E-state index is 0.0283. The first-order valence-electron chi connectivity index (χ1n) is 4.36. The maximum Gasteiger partial charge on any atom is 0.116 e. The largest absolute Gasteiger partial charge is 0.396 e. The van der Waals surface area contributed by atoms with Crippen LogP contribution in [-0.2, 0) is 0 Å². The van der Waals surface area contributed by atoms with Crippen LogP contribution in [0, 0.1) is 0 Å². The van der Waals surface area contributed by atoms with Crippen LogP contribution in [0.5, 0.6) is 0 Å². The number of hydrogen-bond acceptors (Lipinski definition) is 5. The number of hydrogen-bond donors (Lipinski definition) is 2. The summed E-state index contributed by atoms with van der Waals surface area (Å²) in [5.41, 5.74) is 7.34. The third-order valence-corrected chi connectivity index (χ3v) is 3.09. The van der Waals surface area contributed by atoms with Crippen molar-refractivity contribution in [2.75, 3.05) is 13.2 Å². The zero-order chi connectivity index (χ0) is 9.97. The van der Waals surface area contributed by atoms with Crippen LogP contribution < -0.4 is 5.73 Å². The van der Waals surface area contributed by atoms with E-state index < -0.39 is 0 Å². The Morgan fingerprint density at radius 3 is 3.07 bits per heavy atom. The molecule has 0 fully saturated rings. The molecule has 0 aliphatic rings. The van der Waals surface area contributed by atoms with Gasteiger partial charge in [0.15, 0.2) is 0 Å². The average Bonchev–Trinajstić information content (AvgIpc) is 2.68. The predicted octanol–water partition coefficient (Wildman–Crippen LogP) is 0.726. The van der Waals surface area contributed by atoms with E-state index in [-0.39, 0.29) is 12.5 Å². The lowest BCUT2D eigenvalue weighted by atomic mass is 10.1. The molecule has 2 aromatic rings. The number of aliphatic hydroxyl groups is 1. The van der Waals surface area contributed by atoms with Crippen LogP contribution in [0.15, 0.2) is 17.8 Å². The number of fused-ring (bicyclic) bond motifs is 1. The number of nitrogens with zero attached hydrogens (tertiary/aromatic N) is 2. The van der Waals surface area contributed by atoms with Crippen LogP contribution in [0.3, 0.4) is 0 Å². The number of thiophene rings is 1. The van der Waals surface area contributed by atoms with Crippen molar-refractivity contribution in [2.45, 2.75) is 5.92 Å². The van der Waals surface area contributed by atoms with Crippen molar-refractivity contribution in [3.63, 3.8) is 0 Å². The van der Waals surface area contributed by atoms with Crippen molar-refractivity contribution in [3.8, 4) is 0 Å². The minimum Gasteiger partial charge on any atom is -0.396 e. The Labute approximate surface area is 85.4 Å². The molecule has 0 radical (unpaired) electrons. The third kappa shape index (κ3) is 1.50. The molecule has 1 unspecified atom stereocenters. The quantitative estimate of drug-likeness (QED) is 0.781. The first kappa shape index (κ1) is 9.51. The van der Waals surface area contributed by atoms with E-state index in [0.717, 1.165) is 15.9 Å². The summed E-state index contributed by atoms with van der Waals surface area (Å²) in [6.07, 6.45) is 1.52. The molecule has 14 heavy (non-hydrogen) atoms. The monoisotopic (exact) mass is 209 g/mol. The number of aromatic nitrogens is 2.